The van der Waals surface area contributed by atoms with Gasteiger partial charge in [-0.1, -0.05) is 25.7 Å². The molecule has 2 N–H and O–H groups in total. The van der Waals surface area contributed by atoms with Gasteiger partial charge in [0.05, 0.1) is 0 Å². The van der Waals surface area contributed by atoms with E-state index in [-0.39, 0.29) is 64.2 Å². The summed E-state index contributed by atoms with van der Waals surface area (Å²) in [7, 11) is 0. The minimum Gasteiger partial charge on any atom is -1.00 e. The topological polar surface area (TPSA) is 40.5 Å². The van der Waals surface area contributed by atoms with Crippen LogP contribution in [-0.4, -0.2) is 23.4 Å². The Labute approximate surface area is 171 Å². The Kier molecular flexibility index (Phi) is 15.1. The van der Waals surface area contributed by atoms with Gasteiger partial charge in [-0.15, -0.1) is 12.8 Å². The first kappa shape index (κ1) is 25.6. The van der Waals surface area contributed by atoms with Gasteiger partial charge in [0, 0.05) is 13.2 Å². The maximum absolute atomic E-state index is 8.99. The third kappa shape index (κ3) is 7.00. The summed E-state index contributed by atoms with van der Waals surface area (Å²) in [5, 5.41) is 18.0. The predicted molar refractivity (Wildman–Crippen MR) is 80.7 cm³/mol. The Balaban J connectivity index is 0. The van der Waals surface area contributed by atoms with E-state index in [4.69, 9.17) is 10.2 Å². The van der Waals surface area contributed by atoms with Crippen molar-refractivity contribution < 1.29 is 61.2 Å². The molecule has 0 radical (unpaired) electrons. The summed E-state index contributed by atoms with van der Waals surface area (Å²) in [5.74, 6) is 0.329. The van der Waals surface area contributed by atoms with Gasteiger partial charge in [-0.25, -0.2) is 11.1 Å². The van der Waals surface area contributed by atoms with Crippen molar-refractivity contribution in [3.8, 4) is 0 Å². The smallest absolute Gasteiger partial charge is 1.00 e. The van der Waals surface area contributed by atoms with Crippen LogP contribution in [0.2, 0.25) is 0 Å². The second-order valence-electron chi connectivity index (χ2n) is 5.42. The van der Waals surface area contributed by atoms with Crippen LogP contribution in [0.3, 0.4) is 0 Å². The van der Waals surface area contributed by atoms with Gasteiger partial charge >= 0.3 is 26.2 Å². The standard InChI is InChI=1S/C18H24O2.2ClH.Zr/c1-14(17-10-2-6-15(17)8-4-12-19)18-11-3-7-16(18)9-5-13-20;;;/h6-7,14,19-20H,2-5,8-9,12-13H2,1H3;2*1H;/q-2;;;+4/p-2. The molecule has 0 aromatic heterocycles. The monoisotopic (exact) mass is 432 g/mol. The zero-order valence-electron chi connectivity index (χ0n) is 13.5. The summed E-state index contributed by atoms with van der Waals surface area (Å²) in [4.78, 5) is 0. The van der Waals surface area contributed by atoms with Crippen LogP contribution < -0.4 is 24.8 Å². The number of allylic oxidation sites excluding steroid dienone is 8. The molecule has 0 saturated heterocycles. The van der Waals surface area contributed by atoms with Crippen LogP contribution in [0.4, 0.5) is 0 Å². The fourth-order valence-corrected chi connectivity index (χ4v) is 3.03. The third-order valence-corrected chi connectivity index (χ3v) is 4.05. The van der Waals surface area contributed by atoms with Crippen molar-refractivity contribution in [2.24, 2.45) is 5.92 Å². The molecule has 0 aliphatic heterocycles. The number of halogens is 2. The maximum atomic E-state index is 8.99. The average molecular weight is 435 g/mol. The number of hydrogen-bond acceptors (Lipinski definition) is 2. The van der Waals surface area contributed by atoms with Gasteiger partial charge in [-0.2, -0.15) is 23.3 Å². The van der Waals surface area contributed by atoms with Crippen molar-refractivity contribution in [1.82, 2.24) is 0 Å². The van der Waals surface area contributed by atoms with Crippen molar-refractivity contribution in [3.05, 3.63) is 46.6 Å². The summed E-state index contributed by atoms with van der Waals surface area (Å²) in [6.07, 6.45) is 16.7. The van der Waals surface area contributed by atoms with E-state index >= 15 is 0 Å². The van der Waals surface area contributed by atoms with E-state index in [0.29, 0.717) is 5.92 Å². The van der Waals surface area contributed by atoms with Crippen LogP contribution in [-0.2, 0) is 26.2 Å². The molecule has 0 heterocycles. The van der Waals surface area contributed by atoms with Crippen LogP contribution >= 0.6 is 0 Å². The van der Waals surface area contributed by atoms with Crippen LogP contribution in [0.1, 0.15) is 45.4 Å². The zero-order chi connectivity index (χ0) is 14.4. The Morgan fingerprint density at radius 3 is 1.65 bits per heavy atom. The molecule has 23 heavy (non-hydrogen) atoms. The molecule has 0 spiro atoms. The van der Waals surface area contributed by atoms with Crippen molar-refractivity contribution in [3.63, 3.8) is 0 Å². The first-order chi connectivity index (χ1) is 9.77. The molecule has 2 aliphatic rings. The van der Waals surface area contributed by atoms with E-state index in [2.05, 4.69) is 31.2 Å². The molecule has 0 saturated carbocycles. The second-order valence-corrected chi connectivity index (χ2v) is 5.42. The molecule has 0 aromatic rings. The summed E-state index contributed by atoms with van der Waals surface area (Å²) in [5.41, 5.74) is 5.26. The molecular formula is C18H24Cl2O2Zr. The Morgan fingerprint density at radius 2 is 1.30 bits per heavy atom. The Morgan fingerprint density at radius 1 is 0.913 bits per heavy atom. The molecule has 2 aliphatic carbocycles. The molecule has 0 unspecified atom stereocenters. The van der Waals surface area contributed by atoms with Crippen LogP contribution in [0.25, 0.3) is 0 Å². The summed E-state index contributed by atoms with van der Waals surface area (Å²) >= 11 is 0. The number of rotatable bonds is 8. The van der Waals surface area contributed by atoms with Gasteiger partial charge in [0.1, 0.15) is 0 Å². The second kappa shape index (κ2) is 13.6. The maximum Gasteiger partial charge on any atom is 4.00 e. The molecule has 0 fully saturated rings. The number of aliphatic hydroxyl groups excluding tert-OH is 2. The van der Waals surface area contributed by atoms with Crippen LogP contribution in [0.15, 0.2) is 34.4 Å². The molecule has 0 aromatic carbocycles. The molecule has 2 rings (SSSR count). The van der Waals surface area contributed by atoms with Crippen LogP contribution in [0.5, 0.6) is 0 Å². The first-order valence-corrected chi connectivity index (χ1v) is 7.60. The van der Waals surface area contributed by atoms with Gasteiger partial charge in [0.25, 0.3) is 0 Å². The van der Waals surface area contributed by atoms with E-state index in [9.17, 15) is 0 Å². The number of aliphatic hydroxyl groups is 2. The SMILES string of the molecule is CC(C1=[C-]CC=C1CCCO)C1=[C-]CC=C1CCCO.[Cl-].[Cl-].[Zr+4]. The molecule has 0 bridgehead atoms. The quantitative estimate of drug-likeness (QED) is 0.408. The van der Waals surface area contributed by atoms with E-state index in [0.717, 1.165) is 38.5 Å². The molecule has 2 nitrogen and oxygen atoms in total. The summed E-state index contributed by atoms with van der Waals surface area (Å²) in [6, 6.07) is 0. The minimum atomic E-state index is 0. The normalized spacial score (nSPS) is 15.8. The predicted octanol–water partition coefficient (Wildman–Crippen LogP) is -2.71. The Hall–Kier alpha value is 0.343. The van der Waals surface area contributed by atoms with Crippen molar-refractivity contribution in [1.29, 1.82) is 0 Å². The van der Waals surface area contributed by atoms with Crippen molar-refractivity contribution >= 4 is 0 Å². The molecule has 0 atom stereocenters. The molecule has 0 amide bonds. The fraction of sp³-hybridized carbons (Fsp3) is 0.556. The average Bonchev–Trinajstić information content (AvgIpc) is 3.10. The zero-order valence-corrected chi connectivity index (χ0v) is 17.5. The van der Waals surface area contributed by atoms with Gasteiger partial charge in [-0.3, -0.25) is 12.2 Å². The van der Waals surface area contributed by atoms with E-state index < -0.39 is 0 Å². The fourth-order valence-electron chi connectivity index (χ4n) is 3.03. The largest absolute Gasteiger partial charge is 4.00 e. The van der Waals surface area contributed by atoms with Gasteiger partial charge in [0.2, 0.25) is 0 Å². The van der Waals surface area contributed by atoms with Gasteiger partial charge in [0.15, 0.2) is 0 Å². The van der Waals surface area contributed by atoms with Crippen LogP contribution in [0, 0.1) is 18.1 Å². The summed E-state index contributed by atoms with van der Waals surface area (Å²) in [6.45, 7) is 2.71. The Bertz CT molecular complexity index is 426. The first-order valence-electron chi connectivity index (χ1n) is 7.60. The van der Waals surface area contributed by atoms with E-state index in [1.165, 1.54) is 22.3 Å². The summed E-state index contributed by atoms with van der Waals surface area (Å²) < 4.78 is 0. The molecular weight excluding hydrogens is 410 g/mol. The van der Waals surface area contributed by atoms with Gasteiger partial charge in [-0.05, 0) is 12.8 Å². The number of hydrogen-bond donors (Lipinski definition) is 2. The molecule has 126 valence electrons. The van der Waals surface area contributed by atoms with Crippen molar-refractivity contribution in [2.45, 2.75) is 45.4 Å². The van der Waals surface area contributed by atoms with Crippen molar-refractivity contribution in [2.75, 3.05) is 13.2 Å². The third-order valence-electron chi connectivity index (χ3n) is 4.05. The minimum absolute atomic E-state index is 0. The van der Waals surface area contributed by atoms with E-state index in [1.807, 2.05) is 0 Å². The molecule has 5 heteroatoms. The van der Waals surface area contributed by atoms with Gasteiger partial charge < -0.3 is 35.0 Å². The van der Waals surface area contributed by atoms with E-state index in [1.54, 1.807) is 0 Å².